The molecule has 0 atom stereocenters. The van der Waals surface area contributed by atoms with Gasteiger partial charge in [-0.2, -0.15) is 5.10 Å². The Morgan fingerprint density at radius 2 is 1.96 bits per heavy atom. The molecule has 0 aliphatic carbocycles. The lowest BCUT2D eigenvalue weighted by atomic mass is 10.1. The van der Waals surface area contributed by atoms with Gasteiger partial charge in [0.15, 0.2) is 6.61 Å². The summed E-state index contributed by atoms with van der Waals surface area (Å²) in [6.45, 7) is -0.179. The number of rotatable bonds is 5. The van der Waals surface area contributed by atoms with Crippen molar-refractivity contribution in [2.75, 3.05) is 6.61 Å². The van der Waals surface area contributed by atoms with E-state index in [-0.39, 0.29) is 6.61 Å². The van der Waals surface area contributed by atoms with E-state index in [1.807, 2.05) is 24.3 Å². The van der Waals surface area contributed by atoms with Gasteiger partial charge >= 0.3 is 0 Å². The molecule has 0 heterocycles. The zero-order valence-electron chi connectivity index (χ0n) is 13.7. The van der Waals surface area contributed by atoms with Crippen molar-refractivity contribution in [3.05, 3.63) is 73.1 Å². The third-order valence-electron chi connectivity index (χ3n) is 3.61. The number of hydrazone groups is 1. The molecule has 8 heteroatoms. The van der Waals surface area contributed by atoms with Crippen molar-refractivity contribution >= 4 is 78.0 Å². The summed E-state index contributed by atoms with van der Waals surface area (Å²) in [7, 11) is 0. The molecule has 138 valence electrons. The van der Waals surface area contributed by atoms with Crippen molar-refractivity contribution in [1.29, 1.82) is 0 Å². The number of nitrogens with one attached hydrogen (secondary N) is 1. The van der Waals surface area contributed by atoms with E-state index in [1.54, 1.807) is 24.3 Å². The molecule has 0 saturated heterocycles. The maximum atomic E-state index is 11.9. The number of nitrogens with zero attached hydrogens (tertiary/aromatic N) is 1. The first-order valence-electron chi connectivity index (χ1n) is 7.72. The van der Waals surface area contributed by atoms with Crippen LogP contribution >= 0.6 is 55.1 Å². The summed E-state index contributed by atoms with van der Waals surface area (Å²) in [6, 6.07) is 14.8. The number of carbonyl (C=O) groups excluding carboxylic acids is 1. The van der Waals surface area contributed by atoms with Crippen LogP contribution in [0.4, 0.5) is 0 Å². The molecule has 0 fully saturated rings. The van der Waals surface area contributed by atoms with Crippen LogP contribution in [0.5, 0.6) is 5.75 Å². The standard InChI is InChI=1S/C19H12Br2Cl2N2O2/c20-13-5-6-14-11(8-13)4-7-16(18(14)21)27-10-17(26)25-24-9-12-2-1-3-15(22)19(12)23/h1-9H,10H2,(H,25,26)/b24-9+. The number of fused-ring (bicyclic) bond motifs is 1. The van der Waals surface area contributed by atoms with Crippen molar-refractivity contribution in [3.63, 3.8) is 0 Å². The van der Waals surface area contributed by atoms with Gasteiger partial charge in [0.25, 0.3) is 5.91 Å². The molecule has 0 radical (unpaired) electrons. The summed E-state index contributed by atoms with van der Waals surface area (Å²) < 4.78 is 7.37. The molecule has 0 spiro atoms. The molecule has 0 aliphatic rings. The Hall–Kier alpha value is -1.60. The zero-order valence-corrected chi connectivity index (χ0v) is 18.4. The van der Waals surface area contributed by atoms with Crippen molar-refractivity contribution in [3.8, 4) is 5.75 Å². The summed E-state index contributed by atoms with van der Waals surface area (Å²) in [5.41, 5.74) is 3.00. The minimum atomic E-state index is -0.396. The largest absolute Gasteiger partial charge is 0.483 e. The Balaban J connectivity index is 1.61. The van der Waals surface area contributed by atoms with E-state index < -0.39 is 5.91 Å². The average molecular weight is 531 g/mol. The summed E-state index contributed by atoms with van der Waals surface area (Å²) >= 11 is 19.0. The molecular formula is C19H12Br2Cl2N2O2. The summed E-state index contributed by atoms with van der Waals surface area (Å²) in [5.74, 6) is 0.175. The number of amides is 1. The van der Waals surface area contributed by atoms with E-state index in [0.717, 1.165) is 19.7 Å². The van der Waals surface area contributed by atoms with Crippen LogP contribution in [0.3, 0.4) is 0 Å². The SMILES string of the molecule is O=C(COc1ccc2cc(Br)ccc2c1Br)N/N=C/c1cccc(Cl)c1Cl. The third-order valence-corrected chi connectivity index (χ3v) is 5.76. The fourth-order valence-corrected chi connectivity index (χ4v) is 3.67. The van der Waals surface area contributed by atoms with Gasteiger partial charge in [0.1, 0.15) is 5.75 Å². The minimum absolute atomic E-state index is 0.179. The molecule has 1 amide bonds. The van der Waals surface area contributed by atoms with Crippen LogP contribution in [-0.4, -0.2) is 18.7 Å². The number of hydrogen-bond donors (Lipinski definition) is 1. The molecule has 0 bridgehead atoms. The molecule has 3 rings (SSSR count). The van der Waals surface area contributed by atoms with Crippen LogP contribution in [0.25, 0.3) is 10.8 Å². The van der Waals surface area contributed by atoms with Crippen LogP contribution in [0.15, 0.2) is 62.6 Å². The maximum absolute atomic E-state index is 11.9. The first kappa shape index (κ1) is 20.1. The van der Waals surface area contributed by atoms with Crippen LogP contribution < -0.4 is 10.2 Å². The number of halogens is 4. The Morgan fingerprint density at radius 1 is 1.15 bits per heavy atom. The second kappa shape index (κ2) is 9.06. The summed E-state index contributed by atoms with van der Waals surface area (Å²) in [5, 5.41) is 6.71. The maximum Gasteiger partial charge on any atom is 0.277 e. The second-order valence-corrected chi connectivity index (χ2v) is 7.96. The number of ether oxygens (including phenoxy) is 1. The fourth-order valence-electron chi connectivity index (χ4n) is 2.32. The van der Waals surface area contributed by atoms with Gasteiger partial charge in [-0.3, -0.25) is 4.79 Å². The Kier molecular flexibility index (Phi) is 6.76. The van der Waals surface area contributed by atoms with Crippen molar-refractivity contribution in [1.82, 2.24) is 5.43 Å². The van der Waals surface area contributed by atoms with Gasteiger partial charge in [-0.15, -0.1) is 0 Å². The molecule has 27 heavy (non-hydrogen) atoms. The first-order chi connectivity index (χ1) is 13.0. The van der Waals surface area contributed by atoms with Gasteiger partial charge in [-0.1, -0.05) is 63.4 Å². The number of hydrogen-bond acceptors (Lipinski definition) is 3. The molecule has 3 aromatic carbocycles. The lowest BCUT2D eigenvalue weighted by Gasteiger charge is -2.10. The Bertz CT molecular complexity index is 1040. The highest BCUT2D eigenvalue weighted by Crippen LogP contribution is 2.34. The molecule has 1 N–H and O–H groups in total. The van der Waals surface area contributed by atoms with Crippen molar-refractivity contribution in [2.24, 2.45) is 5.10 Å². The molecule has 3 aromatic rings. The molecule has 0 aliphatic heterocycles. The van der Waals surface area contributed by atoms with Crippen molar-refractivity contribution < 1.29 is 9.53 Å². The van der Waals surface area contributed by atoms with E-state index in [9.17, 15) is 4.79 Å². The first-order valence-corrected chi connectivity index (χ1v) is 10.1. The smallest absolute Gasteiger partial charge is 0.277 e. The Labute approximate surface area is 182 Å². The predicted octanol–water partition coefficient (Wildman–Crippen LogP) is 6.20. The predicted molar refractivity (Wildman–Crippen MR) is 117 cm³/mol. The van der Waals surface area contributed by atoms with E-state index in [4.69, 9.17) is 27.9 Å². The van der Waals surface area contributed by atoms with E-state index in [1.165, 1.54) is 6.21 Å². The molecule has 0 unspecified atom stereocenters. The lowest BCUT2D eigenvalue weighted by Crippen LogP contribution is -2.24. The highest BCUT2D eigenvalue weighted by molar-refractivity contribution is 9.11. The molecule has 0 aromatic heterocycles. The fraction of sp³-hybridized carbons (Fsp3) is 0.0526. The van der Waals surface area contributed by atoms with E-state index >= 15 is 0 Å². The van der Waals surface area contributed by atoms with Crippen LogP contribution in [0.2, 0.25) is 10.0 Å². The zero-order chi connectivity index (χ0) is 19.4. The van der Waals surface area contributed by atoms with Gasteiger partial charge in [0.2, 0.25) is 0 Å². The average Bonchev–Trinajstić information content (AvgIpc) is 2.64. The van der Waals surface area contributed by atoms with Crippen LogP contribution in [-0.2, 0) is 4.79 Å². The minimum Gasteiger partial charge on any atom is -0.483 e. The highest BCUT2D eigenvalue weighted by Gasteiger charge is 2.09. The summed E-state index contributed by atoms with van der Waals surface area (Å²) in [6.07, 6.45) is 1.43. The molecular weight excluding hydrogens is 519 g/mol. The Morgan fingerprint density at radius 3 is 2.78 bits per heavy atom. The molecule has 4 nitrogen and oxygen atoms in total. The van der Waals surface area contributed by atoms with E-state index in [2.05, 4.69) is 42.4 Å². The topological polar surface area (TPSA) is 50.7 Å². The van der Waals surface area contributed by atoms with Crippen LogP contribution in [0, 0.1) is 0 Å². The van der Waals surface area contributed by atoms with Gasteiger partial charge < -0.3 is 4.74 Å². The quantitative estimate of drug-likeness (QED) is 0.315. The highest BCUT2D eigenvalue weighted by atomic mass is 79.9. The summed E-state index contributed by atoms with van der Waals surface area (Å²) in [4.78, 5) is 11.9. The normalized spacial score (nSPS) is 11.1. The van der Waals surface area contributed by atoms with Gasteiger partial charge in [-0.25, -0.2) is 5.43 Å². The van der Waals surface area contributed by atoms with Gasteiger partial charge in [-0.05, 0) is 51.0 Å². The monoisotopic (exact) mass is 528 g/mol. The number of benzene rings is 3. The van der Waals surface area contributed by atoms with Crippen molar-refractivity contribution in [2.45, 2.75) is 0 Å². The van der Waals surface area contributed by atoms with Gasteiger partial charge in [0.05, 0.1) is 20.7 Å². The van der Waals surface area contributed by atoms with Crippen LogP contribution in [0.1, 0.15) is 5.56 Å². The van der Waals surface area contributed by atoms with Gasteiger partial charge in [0, 0.05) is 10.0 Å². The number of carbonyl (C=O) groups is 1. The molecule has 0 saturated carbocycles. The van der Waals surface area contributed by atoms with E-state index in [0.29, 0.717) is 21.4 Å². The lowest BCUT2D eigenvalue weighted by molar-refractivity contribution is -0.123. The third kappa shape index (κ3) is 5.02. The second-order valence-electron chi connectivity index (χ2n) is 5.47.